The Labute approximate surface area is 174 Å². The number of carbonyl (C=O) groups is 2. The van der Waals surface area contributed by atoms with Gasteiger partial charge in [0.1, 0.15) is 6.61 Å². The maximum Gasteiger partial charge on any atom is 0.321 e. The van der Waals surface area contributed by atoms with Crippen LogP contribution in [0.5, 0.6) is 0 Å². The van der Waals surface area contributed by atoms with Crippen molar-refractivity contribution in [3.8, 4) is 11.1 Å². The number of rotatable bonds is 7. The number of aliphatic carboxylic acids is 1. The van der Waals surface area contributed by atoms with Gasteiger partial charge in [0.05, 0.1) is 0 Å². The Morgan fingerprint density at radius 2 is 1.63 bits per heavy atom. The molecule has 2 atom stereocenters. The van der Waals surface area contributed by atoms with E-state index in [2.05, 4.69) is 4.98 Å². The number of carboxylic acids is 1. The number of carbonyl (C=O) groups excluding carboxylic acids is 1. The molecule has 0 saturated carbocycles. The van der Waals surface area contributed by atoms with E-state index in [0.29, 0.717) is 0 Å². The third-order valence-corrected chi connectivity index (χ3v) is 5.50. The van der Waals surface area contributed by atoms with Gasteiger partial charge in [-0.05, 0) is 40.3 Å². The van der Waals surface area contributed by atoms with E-state index in [-0.39, 0.29) is 18.9 Å². The number of aromatic nitrogens is 1. The zero-order chi connectivity index (χ0) is 21.1. The summed E-state index contributed by atoms with van der Waals surface area (Å²) in [7, 11) is 0. The van der Waals surface area contributed by atoms with Gasteiger partial charge in [-0.1, -0.05) is 54.6 Å². The Morgan fingerprint density at radius 1 is 1.00 bits per heavy atom. The van der Waals surface area contributed by atoms with Gasteiger partial charge in [-0.3, -0.25) is 14.6 Å². The monoisotopic (exact) mass is 402 g/mol. The summed E-state index contributed by atoms with van der Waals surface area (Å²) in [6.45, 7) is 0.0657. The summed E-state index contributed by atoms with van der Waals surface area (Å²) < 4.78 is 5.51. The Bertz CT molecular complexity index is 1020. The van der Waals surface area contributed by atoms with Gasteiger partial charge in [0.2, 0.25) is 0 Å². The largest absolute Gasteiger partial charge is 0.481 e. The van der Waals surface area contributed by atoms with E-state index in [1.54, 1.807) is 24.5 Å². The fourth-order valence-corrected chi connectivity index (χ4v) is 4.06. The van der Waals surface area contributed by atoms with Crippen molar-refractivity contribution in [2.45, 2.75) is 18.4 Å². The first-order valence-corrected chi connectivity index (χ1v) is 9.78. The Hall–Kier alpha value is -3.51. The molecule has 0 saturated heterocycles. The third-order valence-electron chi connectivity index (χ3n) is 5.50. The molecule has 4 rings (SSSR count). The van der Waals surface area contributed by atoms with Crippen LogP contribution >= 0.6 is 0 Å². The molecule has 30 heavy (non-hydrogen) atoms. The predicted octanol–water partition coefficient (Wildman–Crippen LogP) is 3.01. The minimum Gasteiger partial charge on any atom is -0.481 e. The first-order chi connectivity index (χ1) is 14.6. The van der Waals surface area contributed by atoms with Gasteiger partial charge in [-0.2, -0.15) is 0 Å². The number of nitrogens with two attached hydrogens (primary N) is 1. The van der Waals surface area contributed by atoms with Crippen LogP contribution in [-0.4, -0.2) is 34.7 Å². The maximum absolute atomic E-state index is 12.7. The van der Waals surface area contributed by atoms with E-state index in [1.807, 2.05) is 48.5 Å². The Balaban J connectivity index is 1.50. The molecule has 152 valence electrons. The Kier molecular flexibility index (Phi) is 5.59. The van der Waals surface area contributed by atoms with Crippen molar-refractivity contribution < 1.29 is 19.4 Å². The highest BCUT2D eigenvalue weighted by molar-refractivity contribution is 5.95. The Morgan fingerprint density at radius 3 is 2.20 bits per heavy atom. The zero-order valence-corrected chi connectivity index (χ0v) is 16.3. The van der Waals surface area contributed by atoms with Crippen molar-refractivity contribution in [2.75, 3.05) is 6.61 Å². The molecule has 1 heterocycles. The van der Waals surface area contributed by atoms with Gasteiger partial charge < -0.3 is 15.6 Å². The van der Waals surface area contributed by atoms with Crippen molar-refractivity contribution >= 4 is 11.9 Å². The molecule has 0 fully saturated rings. The highest BCUT2D eigenvalue weighted by Gasteiger charge is 2.36. The number of benzene rings is 2. The second-order valence-electron chi connectivity index (χ2n) is 7.40. The molecule has 0 spiro atoms. The van der Waals surface area contributed by atoms with Gasteiger partial charge in [-0.25, -0.2) is 0 Å². The van der Waals surface area contributed by atoms with Gasteiger partial charge in [0.25, 0.3) is 0 Å². The number of hydrogen-bond acceptors (Lipinski definition) is 5. The quantitative estimate of drug-likeness (QED) is 0.465. The third kappa shape index (κ3) is 3.82. The van der Waals surface area contributed by atoms with Crippen LogP contribution in [0.2, 0.25) is 0 Å². The molecular formula is C24H22N2O4. The van der Waals surface area contributed by atoms with Crippen molar-refractivity contribution in [2.24, 2.45) is 11.7 Å². The summed E-state index contributed by atoms with van der Waals surface area (Å²) in [6.07, 6.45) is 3.45. The number of nitrogens with zero attached hydrogens (tertiary/aromatic N) is 1. The average Bonchev–Trinajstić information content (AvgIpc) is 3.06. The van der Waals surface area contributed by atoms with Gasteiger partial charge in [0.15, 0.2) is 5.92 Å². The second-order valence-corrected chi connectivity index (χ2v) is 7.40. The molecule has 3 N–H and O–H groups in total. The SMILES string of the molecule is NC(Cc1cccnc1)C(C(=O)O)C(=O)OCC1c2ccccc2-c2ccccc21. The zero-order valence-electron chi connectivity index (χ0n) is 16.3. The van der Waals surface area contributed by atoms with Crippen LogP contribution < -0.4 is 5.73 Å². The highest BCUT2D eigenvalue weighted by Crippen LogP contribution is 2.44. The minimum absolute atomic E-state index is 0.0657. The van der Waals surface area contributed by atoms with E-state index >= 15 is 0 Å². The number of carboxylic acid groups (broad SMARTS) is 1. The summed E-state index contributed by atoms with van der Waals surface area (Å²) in [4.78, 5) is 28.5. The fraction of sp³-hybridized carbons (Fsp3) is 0.208. The van der Waals surface area contributed by atoms with Gasteiger partial charge in [0, 0.05) is 24.4 Å². The summed E-state index contributed by atoms with van der Waals surface area (Å²) in [5.41, 5.74) is 11.2. The molecule has 2 aromatic carbocycles. The topological polar surface area (TPSA) is 103 Å². The van der Waals surface area contributed by atoms with Crippen molar-refractivity contribution in [3.63, 3.8) is 0 Å². The number of pyridine rings is 1. The van der Waals surface area contributed by atoms with E-state index in [0.717, 1.165) is 27.8 Å². The lowest BCUT2D eigenvalue weighted by Crippen LogP contribution is -2.43. The van der Waals surface area contributed by atoms with Crippen LogP contribution in [-0.2, 0) is 20.7 Å². The molecule has 1 aromatic heterocycles. The van der Waals surface area contributed by atoms with E-state index in [9.17, 15) is 14.7 Å². The van der Waals surface area contributed by atoms with Crippen molar-refractivity contribution in [1.82, 2.24) is 4.98 Å². The van der Waals surface area contributed by atoms with E-state index in [4.69, 9.17) is 10.5 Å². The lowest BCUT2D eigenvalue weighted by atomic mass is 9.94. The summed E-state index contributed by atoms with van der Waals surface area (Å²) in [5.74, 6) is -3.69. The van der Waals surface area contributed by atoms with Crippen LogP contribution in [0, 0.1) is 5.92 Å². The molecule has 0 amide bonds. The molecule has 1 aliphatic carbocycles. The molecule has 0 bridgehead atoms. The van der Waals surface area contributed by atoms with Gasteiger partial charge >= 0.3 is 11.9 Å². The molecular weight excluding hydrogens is 380 g/mol. The number of esters is 1. The summed E-state index contributed by atoms with van der Waals surface area (Å²) in [5, 5.41) is 9.60. The highest BCUT2D eigenvalue weighted by atomic mass is 16.5. The standard InChI is InChI=1S/C24H22N2O4/c25-21(12-15-6-5-11-26-13-15)22(23(27)28)24(29)30-14-20-18-9-3-1-7-16(18)17-8-2-4-10-19(17)20/h1-11,13,20-22H,12,14,25H2,(H,27,28). The van der Waals surface area contributed by atoms with E-state index < -0.39 is 23.9 Å². The van der Waals surface area contributed by atoms with Crippen LogP contribution in [0.1, 0.15) is 22.6 Å². The molecule has 3 aromatic rings. The van der Waals surface area contributed by atoms with Gasteiger partial charge in [-0.15, -0.1) is 0 Å². The minimum atomic E-state index is -1.45. The van der Waals surface area contributed by atoms with Crippen LogP contribution in [0.25, 0.3) is 11.1 Å². The molecule has 6 heteroatoms. The number of hydrogen-bond donors (Lipinski definition) is 2. The molecule has 0 radical (unpaired) electrons. The molecule has 0 aliphatic heterocycles. The van der Waals surface area contributed by atoms with Crippen LogP contribution in [0.4, 0.5) is 0 Å². The van der Waals surface area contributed by atoms with Crippen molar-refractivity contribution in [3.05, 3.63) is 89.7 Å². The van der Waals surface area contributed by atoms with Crippen LogP contribution in [0.3, 0.4) is 0 Å². The summed E-state index contributed by atoms with van der Waals surface area (Å²) >= 11 is 0. The van der Waals surface area contributed by atoms with Crippen molar-refractivity contribution in [1.29, 1.82) is 0 Å². The van der Waals surface area contributed by atoms with Crippen LogP contribution in [0.15, 0.2) is 73.1 Å². The number of fused-ring (bicyclic) bond motifs is 3. The first-order valence-electron chi connectivity index (χ1n) is 9.78. The lowest BCUT2D eigenvalue weighted by Gasteiger charge is -2.21. The molecule has 6 nitrogen and oxygen atoms in total. The summed E-state index contributed by atoms with van der Waals surface area (Å²) in [6, 6.07) is 18.6. The first kappa shape index (κ1) is 19.8. The smallest absolute Gasteiger partial charge is 0.321 e. The second kappa shape index (κ2) is 8.47. The average molecular weight is 402 g/mol. The number of ether oxygens (including phenoxy) is 1. The molecule has 2 unspecified atom stereocenters. The predicted molar refractivity (Wildman–Crippen MR) is 112 cm³/mol. The van der Waals surface area contributed by atoms with E-state index in [1.165, 1.54) is 0 Å². The fourth-order valence-electron chi connectivity index (χ4n) is 4.06. The maximum atomic E-state index is 12.7. The normalized spacial score (nSPS) is 14.4. The molecule has 1 aliphatic rings. The lowest BCUT2D eigenvalue weighted by molar-refractivity contribution is -0.159.